The standard InChI is InChI=1S/C20H28N4O4/c1-13-10-15(22-28-13)17(26)23-8-6-19(7-9-23)4-5-20(18(27)21-3)12-24(14(2)25)11-16(19)20/h10,16H,4-9,11-12H2,1-3H3,(H,21,27)/t16-,20+/m0/s1. The van der Waals surface area contributed by atoms with Crippen LogP contribution in [0.4, 0.5) is 0 Å². The molecule has 8 nitrogen and oxygen atoms in total. The van der Waals surface area contributed by atoms with Gasteiger partial charge in [-0.25, -0.2) is 0 Å². The van der Waals surface area contributed by atoms with E-state index in [-0.39, 0.29) is 29.1 Å². The lowest BCUT2D eigenvalue weighted by Crippen LogP contribution is -2.49. The lowest BCUT2D eigenvalue weighted by molar-refractivity contribution is -0.133. The molecule has 1 aromatic heterocycles. The van der Waals surface area contributed by atoms with Crippen molar-refractivity contribution in [3.05, 3.63) is 17.5 Å². The molecule has 8 heteroatoms. The third-order valence-corrected chi connectivity index (χ3v) is 7.37. The molecule has 3 aliphatic rings. The predicted octanol–water partition coefficient (Wildman–Crippen LogP) is 1.21. The lowest BCUT2D eigenvalue weighted by Gasteiger charge is -2.44. The van der Waals surface area contributed by atoms with Crippen molar-refractivity contribution in [1.29, 1.82) is 0 Å². The molecule has 1 N–H and O–H groups in total. The monoisotopic (exact) mass is 388 g/mol. The fourth-order valence-electron chi connectivity index (χ4n) is 5.80. The number of hydrogen-bond acceptors (Lipinski definition) is 5. The molecule has 1 spiro atoms. The number of rotatable bonds is 2. The summed E-state index contributed by atoms with van der Waals surface area (Å²) in [6.07, 6.45) is 3.48. The Kier molecular flexibility index (Phi) is 4.47. The van der Waals surface area contributed by atoms with Gasteiger partial charge in [-0.15, -0.1) is 0 Å². The fourth-order valence-corrected chi connectivity index (χ4v) is 5.80. The average molecular weight is 388 g/mol. The van der Waals surface area contributed by atoms with Crippen molar-refractivity contribution >= 4 is 17.7 Å². The first kappa shape index (κ1) is 19.0. The third kappa shape index (κ3) is 2.72. The number of aromatic nitrogens is 1. The second kappa shape index (κ2) is 6.60. The summed E-state index contributed by atoms with van der Waals surface area (Å²) in [5, 5.41) is 6.69. The Hall–Kier alpha value is -2.38. The molecule has 152 valence electrons. The highest BCUT2D eigenvalue weighted by Gasteiger charge is 2.64. The Morgan fingerprint density at radius 1 is 1.18 bits per heavy atom. The van der Waals surface area contributed by atoms with Gasteiger partial charge >= 0.3 is 0 Å². The van der Waals surface area contributed by atoms with Crippen molar-refractivity contribution < 1.29 is 18.9 Å². The molecule has 4 rings (SSSR count). The Bertz CT molecular complexity index is 811. The normalized spacial score (nSPS) is 28.5. The zero-order chi connectivity index (χ0) is 20.1. The Morgan fingerprint density at radius 3 is 2.46 bits per heavy atom. The Labute approximate surface area is 164 Å². The van der Waals surface area contributed by atoms with Crippen LogP contribution in [0.3, 0.4) is 0 Å². The zero-order valence-electron chi connectivity index (χ0n) is 16.8. The van der Waals surface area contributed by atoms with Crippen LogP contribution in [0, 0.1) is 23.7 Å². The number of nitrogens with zero attached hydrogens (tertiary/aromatic N) is 3. The first-order chi connectivity index (χ1) is 13.3. The van der Waals surface area contributed by atoms with Crippen molar-refractivity contribution in [2.24, 2.45) is 16.7 Å². The molecule has 1 saturated carbocycles. The van der Waals surface area contributed by atoms with Gasteiger partial charge in [0.25, 0.3) is 5.91 Å². The molecule has 0 aromatic carbocycles. The molecule has 2 aliphatic heterocycles. The van der Waals surface area contributed by atoms with E-state index in [1.165, 1.54) is 0 Å². The summed E-state index contributed by atoms with van der Waals surface area (Å²) < 4.78 is 5.03. The van der Waals surface area contributed by atoms with E-state index in [9.17, 15) is 14.4 Å². The highest BCUT2D eigenvalue weighted by atomic mass is 16.5. The van der Waals surface area contributed by atoms with Crippen LogP contribution in [0.25, 0.3) is 0 Å². The van der Waals surface area contributed by atoms with Gasteiger partial charge in [-0.2, -0.15) is 0 Å². The van der Waals surface area contributed by atoms with E-state index in [1.54, 1.807) is 27.0 Å². The molecule has 1 aliphatic carbocycles. The maximum Gasteiger partial charge on any atom is 0.276 e. The Balaban J connectivity index is 1.53. The molecule has 28 heavy (non-hydrogen) atoms. The predicted molar refractivity (Wildman–Crippen MR) is 100 cm³/mol. The summed E-state index contributed by atoms with van der Waals surface area (Å²) in [6.45, 7) is 5.78. The number of amides is 3. The van der Waals surface area contributed by atoms with Crippen molar-refractivity contribution in [3.63, 3.8) is 0 Å². The maximum absolute atomic E-state index is 12.8. The highest BCUT2D eigenvalue weighted by molar-refractivity contribution is 5.92. The third-order valence-electron chi connectivity index (χ3n) is 7.37. The van der Waals surface area contributed by atoms with Gasteiger partial charge in [0.05, 0.1) is 5.41 Å². The van der Waals surface area contributed by atoms with E-state index < -0.39 is 5.41 Å². The second-order valence-electron chi connectivity index (χ2n) is 8.66. The number of nitrogens with one attached hydrogen (secondary N) is 1. The van der Waals surface area contributed by atoms with Crippen LogP contribution in [0.5, 0.6) is 0 Å². The minimum atomic E-state index is -0.490. The van der Waals surface area contributed by atoms with E-state index in [0.717, 1.165) is 25.7 Å². The van der Waals surface area contributed by atoms with Crippen molar-refractivity contribution in [1.82, 2.24) is 20.3 Å². The smallest absolute Gasteiger partial charge is 0.276 e. The number of fused-ring (bicyclic) bond motifs is 2. The molecule has 0 bridgehead atoms. The van der Waals surface area contributed by atoms with E-state index >= 15 is 0 Å². The van der Waals surface area contributed by atoms with Crippen LogP contribution < -0.4 is 5.32 Å². The average Bonchev–Trinajstić information content (AvgIpc) is 3.36. The van der Waals surface area contributed by atoms with Crippen LogP contribution in [0.1, 0.15) is 48.9 Å². The van der Waals surface area contributed by atoms with Crippen LogP contribution in [0.2, 0.25) is 0 Å². The number of hydrogen-bond donors (Lipinski definition) is 1. The summed E-state index contributed by atoms with van der Waals surface area (Å²) in [4.78, 5) is 41.2. The van der Waals surface area contributed by atoms with Crippen molar-refractivity contribution in [2.75, 3.05) is 33.2 Å². The second-order valence-corrected chi connectivity index (χ2v) is 8.66. The number of likely N-dealkylation sites (tertiary alicyclic amines) is 2. The van der Waals surface area contributed by atoms with Crippen molar-refractivity contribution in [3.8, 4) is 0 Å². The first-order valence-corrected chi connectivity index (χ1v) is 10.0. The van der Waals surface area contributed by atoms with E-state index in [4.69, 9.17) is 4.52 Å². The first-order valence-electron chi connectivity index (χ1n) is 10.0. The van der Waals surface area contributed by atoms with Crippen LogP contribution in [0.15, 0.2) is 10.6 Å². The van der Waals surface area contributed by atoms with Crippen LogP contribution in [-0.2, 0) is 9.59 Å². The maximum atomic E-state index is 12.8. The number of piperidine rings is 1. The van der Waals surface area contributed by atoms with Crippen LogP contribution in [-0.4, -0.2) is 65.9 Å². The summed E-state index contributed by atoms with van der Waals surface area (Å²) >= 11 is 0. The number of aryl methyl sites for hydroxylation is 1. The highest BCUT2D eigenvalue weighted by Crippen LogP contribution is 2.62. The van der Waals surface area contributed by atoms with E-state index in [1.807, 2.05) is 9.80 Å². The minimum absolute atomic E-state index is 0.00717. The van der Waals surface area contributed by atoms with Gasteiger partial charge in [0, 0.05) is 46.2 Å². The molecular weight excluding hydrogens is 360 g/mol. The van der Waals surface area contributed by atoms with Crippen LogP contribution >= 0.6 is 0 Å². The quantitative estimate of drug-likeness (QED) is 0.822. The fraction of sp³-hybridized carbons (Fsp3) is 0.700. The zero-order valence-corrected chi connectivity index (χ0v) is 16.8. The topological polar surface area (TPSA) is 95.8 Å². The molecule has 3 amide bonds. The summed E-state index contributed by atoms with van der Waals surface area (Å²) in [7, 11) is 1.68. The molecular formula is C20H28N4O4. The summed E-state index contributed by atoms with van der Waals surface area (Å²) in [5.41, 5.74) is -0.133. The van der Waals surface area contributed by atoms with Gasteiger partial charge in [-0.05, 0) is 43.9 Å². The van der Waals surface area contributed by atoms with Gasteiger partial charge in [-0.3, -0.25) is 14.4 Å². The van der Waals surface area contributed by atoms with E-state index in [0.29, 0.717) is 37.6 Å². The van der Waals surface area contributed by atoms with Gasteiger partial charge in [0.1, 0.15) is 5.76 Å². The van der Waals surface area contributed by atoms with Gasteiger partial charge in [0.15, 0.2) is 5.69 Å². The molecule has 0 radical (unpaired) electrons. The van der Waals surface area contributed by atoms with Gasteiger partial charge in [-0.1, -0.05) is 5.16 Å². The summed E-state index contributed by atoms with van der Waals surface area (Å²) in [6, 6.07) is 1.67. The Morgan fingerprint density at radius 2 is 1.89 bits per heavy atom. The summed E-state index contributed by atoms with van der Waals surface area (Å²) in [5.74, 6) is 0.754. The molecule has 2 saturated heterocycles. The molecule has 1 aromatic rings. The number of carbonyl (C=O) groups is 3. The molecule has 0 unspecified atom stereocenters. The SMILES string of the molecule is CNC(=O)[C@@]12CCC3(CCN(C(=O)c4cc(C)on4)CC3)[C@@H]1CN(C(C)=O)C2. The number of carbonyl (C=O) groups excluding carboxylic acids is 3. The van der Waals surface area contributed by atoms with Crippen molar-refractivity contribution in [2.45, 2.75) is 39.5 Å². The van der Waals surface area contributed by atoms with Gasteiger partial charge < -0.3 is 19.6 Å². The van der Waals surface area contributed by atoms with Gasteiger partial charge in [0.2, 0.25) is 11.8 Å². The van der Waals surface area contributed by atoms with E-state index in [2.05, 4.69) is 10.5 Å². The molecule has 3 heterocycles. The lowest BCUT2D eigenvalue weighted by atomic mass is 9.65. The minimum Gasteiger partial charge on any atom is -0.361 e. The largest absolute Gasteiger partial charge is 0.361 e. The molecule has 2 atom stereocenters. The molecule has 3 fully saturated rings.